The smallest absolute Gasteiger partial charge is 0.388 e. The minimum atomic E-state index is -4.38. The van der Waals surface area contributed by atoms with E-state index in [9.17, 15) is 18.9 Å². The van der Waals surface area contributed by atoms with Gasteiger partial charge in [0, 0.05) is 41.7 Å². The van der Waals surface area contributed by atoms with Crippen LogP contribution in [0.3, 0.4) is 0 Å². The Labute approximate surface area is 253 Å². The number of para-hydroxylation sites is 3. The van der Waals surface area contributed by atoms with Crippen molar-refractivity contribution in [2.45, 2.75) is 5.03 Å². The highest BCUT2D eigenvalue weighted by atomic mass is 32.7. The fourth-order valence-electron chi connectivity index (χ4n) is 3.99. The molecule has 0 aliphatic rings. The number of aromatic nitrogens is 6. The van der Waals surface area contributed by atoms with E-state index in [-0.39, 0.29) is 16.8 Å². The van der Waals surface area contributed by atoms with E-state index < -0.39 is 23.5 Å². The Kier molecular flexibility index (Phi) is 8.04. The maximum absolute atomic E-state index is 14.5. The standard InChI is InChI=1S/C30H21N6O6PS/c37-28-19-16-25(31-34(28)22-10-4-1-5-11-22)41-43(40,42-26-17-20-29(38)35(32-26)23-12-6-2-7-13-23)44-27-18-21-30(39)36(33-27)24-14-8-3-9-15-24/h1-21H. The van der Waals surface area contributed by atoms with E-state index in [2.05, 4.69) is 15.3 Å². The zero-order valence-electron chi connectivity index (χ0n) is 22.6. The zero-order valence-corrected chi connectivity index (χ0v) is 24.3. The summed E-state index contributed by atoms with van der Waals surface area (Å²) in [6.45, 7) is -4.38. The van der Waals surface area contributed by atoms with E-state index in [0.717, 1.165) is 14.0 Å². The van der Waals surface area contributed by atoms with Gasteiger partial charge in [-0.2, -0.15) is 19.1 Å². The maximum atomic E-state index is 14.5. The van der Waals surface area contributed by atoms with Crippen LogP contribution in [-0.4, -0.2) is 29.3 Å². The van der Waals surface area contributed by atoms with Crippen molar-refractivity contribution in [1.29, 1.82) is 0 Å². The van der Waals surface area contributed by atoms with E-state index in [1.165, 1.54) is 36.4 Å². The van der Waals surface area contributed by atoms with Crippen LogP contribution in [0.4, 0.5) is 0 Å². The summed E-state index contributed by atoms with van der Waals surface area (Å²) < 4.78 is 29.5. The van der Waals surface area contributed by atoms with Gasteiger partial charge < -0.3 is 9.05 Å². The molecule has 0 unspecified atom stereocenters. The maximum Gasteiger partial charge on any atom is 0.501 e. The van der Waals surface area contributed by atoms with Gasteiger partial charge in [-0.3, -0.25) is 14.4 Å². The molecule has 0 atom stereocenters. The summed E-state index contributed by atoms with van der Waals surface area (Å²) in [5, 5.41) is 12.9. The van der Waals surface area contributed by atoms with E-state index >= 15 is 0 Å². The summed E-state index contributed by atoms with van der Waals surface area (Å²) in [5.74, 6) is -0.394. The lowest BCUT2D eigenvalue weighted by molar-refractivity contribution is 0.386. The first-order chi connectivity index (χ1) is 21.4. The summed E-state index contributed by atoms with van der Waals surface area (Å²) in [6, 6.07) is 33.5. The summed E-state index contributed by atoms with van der Waals surface area (Å²) in [5.41, 5.74) is 0.106. The molecule has 218 valence electrons. The number of hydrogen-bond acceptors (Lipinski definition) is 10. The van der Waals surface area contributed by atoms with Crippen molar-refractivity contribution < 1.29 is 13.6 Å². The Morgan fingerprint density at radius 3 is 1.25 bits per heavy atom. The van der Waals surface area contributed by atoms with E-state index in [1.54, 1.807) is 91.0 Å². The molecule has 0 saturated heterocycles. The van der Waals surface area contributed by atoms with E-state index in [1.807, 2.05) is 0 Å². The van der Waals surface area contributed by atoms with Crippen molar-refractivity contribution in [2.75, 3.05) is 0 Å². The van der Waals surface area contributed by atoms with Crippen molar-refractivity contribution in [3.63, 3.8) is 0 Å². The predicted octanol–water partition coefficient (Wildman–Crippen LogP) is 4.68. The van der Waals surface area contributed by atoms with Gasteiger partial charge in [-0.05, 0) is 42.5 Å². The third kappa shape index (κ3) is 6.43. The van der Waals surface area contributed by atoms with Crippen LogP contribution in [0.25, 0.3) is 17.1 Å². The summed E-state index contributed by atoms with van der Waals surface area (Å²) in [7, 11) is 0. The first-order valence-electron chi connectivity index (χ1n) is 13.0. The van der Waals surface area contributed by atoms with E-state index in [4.69, 9.17) is 9.05 Å². The van der Waals surface area contributed by atoms with Crippen LogP contribution in [0.1, 0.15) is 0 Å². The summed E-state index contributed by atoms with van der Waals surface area (Å²) in [4.78, 5) is 37.8. The average molecular weight is 625 g/mol. The van der Waals surface area contributed by atoms with Crippen molar-refractivity contribution in [1.82, 2.24) is 29.3 Å². The van der Waals surface area contributed by atoms with Crippen molar-refractivity contribution >= 4 is 18.2 Å². The lowest BCUT2D eigenvalue weighted by Gasteiger charge is -2.18. The van der Waals surface area contributed by atoms with Crippen LogP contribution < -0.4 is 25.7 Å². The summed E-state index contributed by atoms with van der Waals surface area (Å²) in [6.07, 6.45) is 0. The van der Waals surface area contributed by atoms with Gasteiger partial charge in [0.05, 0.1) is 17.1 Å². The number of rotatable bonds is 9. The molecule has 0 N–H and O–H groups in total. The van der Waals surface area contributed by atoms with Crippen molar-refractivity contribution in [2.24, 2.45) is 0 Å². The Morgan fingerprint density at radius 1 is 0.477 bits per heavy atom. The molecule has 0 spiro atoms. The van der Waals surface area contributed by atoms with Gasteiger partial charge >= 0.3 is 6.80 Å². The van der Waals surface area contributed by atoms with Gasteiger partial charge in [-0.25, -0.2) is 4.57 Å². The molecule has 3 heterocycles. The Hall–Kier alpha value is -5.52. The quantitative estimate of drug-likeness (QED) is 0.208. The SMILES string of the molecule is O=c1ccc(OP(=O)(Oc2ccc(=O)n(-c3ccccc3)n2)Sc2ccc(=O)n(-c3ccccc3)n2)nn1-c1ccccc1. The molecule has 6 rings (SSSR count). The lowest BCUT2D eigenvalue weighted by Crippen LogP contribution is -2.21. The molecule has 0 bridgehead atoms. The molecule has 0 fully saturated rings. The summed E-state index contributed by atoms with van der Waals surface area (Å²) >= 11 is 0.595. The molecule has 0 radical (unpaired) electrons. The van der Waals surface area contributed by atoms with Crippen LogP contribution >= 0.6 is 18.2 Å². The second kappa shape index (κ2) is 12.4. The number of benzene rings is 3. The van der Waals surface area contributed by atoms with Crippen LogP contribution in [-0.2, 0) is 4.57 Å². The van der Waals surface area contributed by atoms with Crippen molar-refractivity contribution in [3.8, 4) is 28.8 Å². The molecule has 44 heavy (non-hydrogen) atoms. The minimum Gasteiger partial charge on any atom is -0.388 e. The third-order valence-electron chi connectivity index (χ3n) is 5.95. The van der Waals surface area contributed by atoms with Gasteiger partial charge in [-0.1, -0.05) is 54.6 Å². The topological polar surface area (TPSA) is 140 Å². The van der Waals surface area contributed by atoms with Crippen LogP contribution in [0.2, 0.25) is 0 Å². The molecule has 3 aromatic heterocycles. The average Bonchev–Trinajstić information content (AvgIpc) is 3.05. The van der Waals surface area contributed by atoms with Crippen LogP contribution in [0, 0.1) is 0 Å². The molecule has 0 amide bonds. The van der Waals surface area contributed by atoms with Gasteiger partial charge in [-0.15, -0.1) is 10.2 Å². The molecule has 6 aromatic rings. The molecule has 0 aliphatic heterocycles. The second-order valence-electron chi connectivity index (χ2n) is 8.99. The Balaban J connectivity index is 1.40. The number of nitrogens with zero attached hydrogens (tertiary/aromatic N) is 6. The third-order valence-corrected chi connectivity index (χ3v) is 9.07. The molecular formula is C30H21N6O6PS. The number of hydrogen-bond donors (Lipinski definition) is 0. The molecule has 14 heteroatoms. The van der Waals surface area contributed by atoms with E-state index in [0.29, 0.717) is 28.4 Å². The van der Waals surface area contributed by atoms with Crippen LogP contribution in [0.15, 0.2) is 147 Å². The second-order valence-corrected chi connectivity index (χ2v) is 12.7. The molecule has 3 aromatic carbocycles. The normalized spacial score (nSPS) is 11.2. The van der Waals surface area contributed by atoms with Crippen LogP contribution in [0.5, 0.6) is 11.8 Å². The predicted molar refractivity (Wildman–Crippen MR) is 164 cm³/mol. The highest BCUT2D eigenvalue weighted by Crippen LogP contribution is 2.61. The monoisotopic (exact) mass is 624 g/mol. The fraction of sp³-hybridized carbons (Fsp3) is 0. The zero-order chi connectivity index (χ0) is 30.5. The molecule has 0 saturated carbocycles. The lowest BCUT2D eigenvalue weighted by atomic mass is 10.3. The molecule has 12 nitrogen and oxygen atoms in total. The first-order valence-corrected chi connectivity index (χ1v) is 16.0. The van der Waals surface area contributed by atoms with Gasteiger partial charge in [0.1, 0.15) is 5.03 Å². The minimum absolute atomic E-state index is 0.115. The van der Waals surface area contributed by atoms with Crippen molar-refractivity contribution in [3.05, 3.63) is 158 Å². The molecule has 0 aliphatic carbocycles. The largest absolute Gasteiger partial charge is 0.501 e. The fourth-order valence-corrected chi connectivity index (χ4v) is 6.89. The van der Waals surface area contributed by atoms with Gasteiger partial charge in [0.15, 0.2) is 0 Å². The Morgan fingerprint density at radius 2 is 0.841 bits per heavy atom. The highest BCUT2D eigenvalue weighted by molar-refractivity contribution is 8.55. The van der Waals surface area contributed by atoms with Gasteiger partial charge in [0.25, 0.3) is 16.7 Å². The van der Waals surface area contributed by atoms with Gasteiger partial charge in [0.2, 0.25) is 11.8 Å². The Bertz CT molecular complexity index is 1910. The first kappa shape index (κ1) is 28.6. The highest BCUT2D eigenvalue weighted by Gasteiger charge is 2.34. The molecular weight excluding hydrogens is 603 g/mol.